The monoisotopic (exact) mass is 438 g/mol. The zero-order valence-corrected chi connectivity index (χ0v) is 19.0. The number of hydrogen-bond donors (Lipinski definition) is 3. The van der Waals surface area contributed by atoms with Crippen LogP contribution < -0.4 is 0 Å². The SMILES string of the molecule is C=CC(O)(CC=C[C@H]1CCC(=O)[C@@H]1CC=CCCC(SCCO)C(=O)O)CCCC. The molecular weight excluding hydrogens is 400 g/mol. The van der Waals surface area contributed by atoms with Gasteiger partial charge < -0.3 is 15.3 Å². The lowest BCUT2D eigenvalue weighted by Crippen LogP contribution is -2.24. The van der Waals surface area contributed by atoms with E-state index in [9.17, 15) is 19.8 Å². The molecule has 0 aromatic carbocycles. The maximum Gasteiger partial charge on any atom is 0.316 e. The van der Waals surface area contributed by atoms with Gasteiger partial charge in [-0.05, 0) is 44.4 Å². The fourth-order valence-electron chi connectivity index (χ4n) is 3.77. The first kappa shape index (κ1) is 26.7. The molecule has 1 aliphatic carbocycles. The first-order valence-corrected chi connectivity index (χ1v) is 12.1. The molecule has 1 saturated carbocycles. The van der Waals surface area contributed by atoms with Gasteiger partial charge in [-0.1, -0.05) is 50.1 Å². The van der Waals surface area contributed by atoms with Crippen LogP contribution in [0.15, 0.2) is 37.0 Å². The molecule has 0 amide bonds. The van der Waals surface area contributed by atoms with Crippen LogP contribution in [0, 0.1) is 11.8 Å². The largest absolute Gasteiger partial charge is 0.480 e. The summed E-state index contributed by atoms with van der Waals surface area (Å²) >= 11 is 1.26. The third kappa shape index (κ3) is 9.63. The number of hydrogen-bond acceptors (Lipinski definition) is 5. The highest BCUT2D eigenvalue weighted by atomic mass is 32.2. The third-order valence-electron chi connectivity index (χ3n) is 5.69. The van der Waals surface area contributed by atoms with Crippen molar-refractivity contribution in [1.29, 1.82) is 0 Å². The molecule has 1 aliphatic rings. The maximum absolute atomic E-state index is 12.3. The first-order valence-electron chi connectivity index (χ1n) is 11.0. The predicted octanol–water partition coefficient (Wildman–Crippen LogP) is 4.54. The van der Waals surface area contributed by atoms with Crippen LogP contribution >= 0.6 is 11.8 Å². The molecule has 3 N–H and O–H groups in total. The van der Waals surface area contributed by atoms with Crippen LogP contribution in [0.3, 0.4) is 0 Å². The highest BCUT2D eigenvalue weighted by molar-refractivity contribution is 8.00. The van der Waals surface area contributed by atoms with Gasteiger partial charge in [0.15, 0.2) is 0 Å². The molecule has 0 bridgehead atoms. The molecule has 0 radical (unpaired) electrons. The van der Waals surface area contributed by atoms with Gasteiger partial charge in [0.1, 0.15) is 11.0 Å². The van der Waals surface area contributed by atoms with Crippen LogP contribution in [0.1, 0.15) is 64.7 Å². The summed E-state index contributed by atoms with van der Waals surface area (Å²) in [6.07, 6.45) is 16.1. The van der Waals surface area contributed by atoms with Crippen molar-refractivity contribution in [3.63, 3.8) is 0 Å². The minimum Gasteiger partial charge on any atom is -0.480 e. The fourth-order valence-corrected chi connectivity index (χ4v) is 4.60. The normalized spacial score (nSPS) is 22.6. The summed E-state index contributed by atoms with van der Waals surface area (Å²) in [6, 6.07) is 0. The molecule has 2 unspecified atom stereocenters. The number of aliphatic carboxylic acids is 1. The van der Waals surface area contributed by atoms with Crippen molar-refractivity contribution in [2.45, 2.75) is 75.6 Å². The van der Waals surface area contributed by atoms with Crippen LogP contribution in [0.4, 0.5) is 0 Å². The molecule has 0 heterocycles. The van der Waals surface area contributed by atoms with E-state index >= 15 is 0 Å². The molecule has 30 heavy (non-hydrogen) atoms. The van der Waals surface area contributed by atoms with Crippen LogP contribution in [0.2, 0.25) is 0 Å². The number of carbonyl (C=O) groups is 2. The second-order valence-corrected chi connectivity index (χ2v) is 9.34. The summed E-state index contributed by atoms with van der Waals surface area (Å²) in [5.41, 5.74) is -0.876. The quantitative estimate of drug-likeness (QED) is 0.306. The number of rotatable bonds is 16. The molecule has 0 aliphatic heterocycles. The Bertz CT molecular complexity index is 600. The molecule has 170 valence electrons. The Balaban J connectivity index is 2.51. The number of carbonyl (C=O) groups excluding carboxylic acids is 1. The Morgan fingerprint density at radius 2 is 2.13 bits per heavy atom. The lowest BCUT2D eigenvalue weighted by molar-refractivity contribution is -0.136. The topological polar surface area (TPSA) is 94.8 Å². The van der Waals surface area contributed by atoms with Crippen molar-refractivity contribution in [3.05, 3.63) is 37.0 Å². The van der Waals surface area contributed by atoms with E-state index in [2.05, 4.69) is 19.6 Å². The lowest BCUT2D eigenvalue weighted by Gasteiger charge is -2.23. The fraction of sp³-hybridized carbons (Fsp3) is 0.667. The van der Waals surface area contributed by atoms with E-state index < -0.39 is 16.8 Å². The van der Waals surface area contributed by atoms with Crippen LogP contribution in [0.5, 0.6) is 0 Å². The number of ketones is 1. The summed E-state index contributed by atoms with van der Waals surface area (Å²) in [5, 5.41) is 28.1. The molecule has 4 atom stereocenters. The Morgan fingerprint density at radius 3 is 2.77 bits per heavy atom. The van der Waals surface area contributed by atoms with Gasteiger partial charge in [0.05, 0.1) is 12.2 Å². The van der Waals surface area contributed by atoms with E-state index in [1.807, 2.05) is 18.2 Å². The summed E-state index contributed by atoms with van der Waals surface area (Å²) in [4.78, 5) is 23.5. The number of carboxylic acid groups (broad SMARTS) is 1. The van der Waals surface area contributed by atoms with Crippen LogP contribution in [-0.2, 0) is 9.59 Å². The van der Waals surface area contributed by atoms with Gasteiger partial charge in [-0.15, -0.1) is 18.3 Å². The zero-order valence-electron chi connectivity index (χ0n) is 18.2. The van der Waals surface area contributed by atoms with E-state index in [4.69, 9.17) is 5.11 Å². The summed E-state index contributed by atoms with van der Waals surface area (Å²) in [7, 11) is 0. The number of unbranched alkanes of at least 4 members (excludes halogenated alkanes) is 1. The van der Waals surface area contributed by atoms with Gasteiger partial charge in [0, 0.05) is 18.1 Å². The van der Waals surface area contributed by atoms with Gasteiger partial charge in [-0.3, -0.25) is 9.59 Å². The number of thioether (sulfide) groups is 1. The average Bonchev–Trinajstić information content (AvgIpc) is 3.07. The highest BCUT2D eigenvalue weighted by Crippen LogP contribution is 2.33. The number of allylic oxidation sites excluding steroid dienone is 3. The van der Waals surface area contributed by atoms with Crippen molar-refractivity contribution in [2.24, 2.45) is 11.8 Å². The molecule has 1 rings (SSSR count). The maximum atomic E-state index is 12.3. The average molecular weight is 439 g/mol. The van der Waals surface area contributed by atoms with Gasteiger partial charge in [-0.25, -0.2) is 0 Å². The second kappa shape index (κ2) is 14.6. The second-order valence-electron chi connectivity index (χ2n) is 8.02. The summed E-state index contributed by atoms with van der Waals surface area (Å²) in [5.74, 6) is 0.000853. The van der Waals surface area contributed by atoms with Gasteiger partial charge in [0.25, 0.3) is 0 Å². The molecule has 0 aromatic heterocycles. The molecule has 0 aromatic rings. The third-order valence-corrected chi connectivity index (χ3v) is 6.95. The van der Waals surface area contributed by atoms with Crippen molar-refractivity contribution < 1.29 is 24.9 Å². The summed E-state index contributed by atoms with van der Waals surface area (Å²) in [6.45, 7) is 5.84. The van der Waals surface area contributed by atoms with E-state index in [0.717, 1.165) is 19.3 Å². The van der Waals surface area contributed by atoms with E-state index in [1.165, 1.54) is 11.8 Å². The van der Waals surface area contributed by atoms with Gasteiger partial charge in [0.2, 0.25) is 0 Å². The van der Waals surface area contributed by atoms with Crippen LogP contribution in [-0.4, -0.2) is 50.3 Å². The predicted molar refractivity (Wildman–Crippen MR) is 124 cm³/mol. The number of Topliss-reactive ketones (excluding diaryl/α,β-unsaturated/α-hetero) is 1. The van der Waals surface area contributed by atoms with Gasteiger partial charge in [-0.2, -0.15) is 0 Å². The Hall–Kier alpha value is -1.37. The number of aliphatic hydroxyl groups is 2. The lowest BCUT2D eigenvalue weighted by atomic mass is 9.89. The summed E-state index contributed by atoms with van der Waals surface area (Å²) < 4.78 is 0. The van der Waals surface area contributed by atoms with E-state index in [0.29, 0.717) is 44.3 Å². The molecule has 6 heteroatoms. The minimum atomic E-state index is -0.876. The van der Waals surface area contributed by atoms with Crippen LogP contribution in [0.25, 0.3) is 0 Å². The van der Waals surface area contributed by atoms with E-state index in [-0.39, 0.29) is 24.2 Å². The Kier molecular flexibility index (Phi) is 13.0. The Labute approximate surface area is 185 Å². The van der Waals surface area contributed by atoms with Crippen molar-refractivity contribution in [3.8, 4) is 0 Å². The zero-order chi connectivity index (χ0) is 22.4. The standard InChI is InChI=1S/C24H38O5S/c1-3-5-15-24(29,4-2)16-9-10-19-13-14-21(26)20(19)11-7-6-8-12-22(23(27)28)30-18-17-25/h4,6-7,9-10,19-20,22,25,29H,2-3,5,8,11-18H2,1H3,(H,27,28)/t19-,20+,22?,24?/m0/s1. The highest BCUT2D eigenvalue weighted by Gasteiger charge is 2.32. The minimum absolute atomic E-state index is 0.0220. The van der Waals surface area contributed by atoms with Crippen molar-refractivity contribution >= 4 is 23.5 Å². The Morgan fingerprint density at radius 1 is 1.37 bits per heavy atom. The van der Waals surface area contributed by atoms with Gasteiger partial charge >= 0.3 is 5.97 Å². The number of aliphatic hydroxyl groups excluding tert-OH is 1. The van der Waals surface area contributed by atoms with Crippen molar-refractivity contribution in [2.75, 3.05) is 12.4 Å². The molecular formula is C24H38O5S. The molecule has 1 fully saturated rings. The first-order chi connectivity index (χ1) is 14.4. The molecule has 5 nitrogen and oxygen atoms in total. The molecule has 0 spiro atoms. The van der Waals surface area contributed by atoms with E-state index in [1.54, 1.807) is 6.08 Å². The molecule has 0 saturated heterocycles. The number of carboxylic acids is 1. The van der Waals surface area contributed by atoms with Crippen molar-refractivity contribution in [1.82, 2.24) is 0 Å². The smallest absolute Gasteiger partial charge is 0.316 e.